The van der Waals surface area contributed by atoms with Crippen LogP contribution in [0.15, 0.2) is 33.2 Å². The van der Waals surface area contributed by atoms with Crippen LogP contribution >= 0.6 is 15.9 Å². The van der Waals surface area contributed by atoms with Crippen molar-refractivity contribution in [2.75, 3.05) is 6.54 Å². The van der Waals surface area contributed by atoms with Gasteiger partial charge in [0.05, 0.1) is 10.0 Å². The molecule has 0 fully saturated rings. The van der Waals surface area contributed by atoms with E-state index in [9.17, 15) is 9.59 Å². The van der Waals surface area contributed by atoms with Crippen LogP contribution in [0.3, 0.4) is 0 Å². The molecule has 0 saturated heterocycles. The molecule has 0 bridgehead atoms. The predicted octanol–water partition coefficient (Wildman–Crippen LogP) is 4.12. The maximum Gasteiger partial charge on any atom is 0.256 e. The molecule has 2 aromatic rings. The molecule has 0 aliphatic rings. The van der Waals surface area contributed by atoms with Gasteiger partial charge in [-0.2, -0.15) is 0 Å². The highest BCUT2D eigenvalue weighted by atomic mass is 79.9. The van der Waals surface area contributed by atoms with Crippen molar-refractivity contribution in [1.82, 2.24) is 10.6 Å². The Morgan fingerprint density at radius 3 is 2.28 bits per heavy atom. The maximum atomic E-state index is 12.3. The second-order valence-electron chi connectivity index (χ2n) is 5.89. The van der Waals surface area contributed by atoms with Gasteiger partial charge in [0.25, 0.3) is 11.8 Å². The second-order valence-corrected chi connectivity index (χ2v) is 6.69. The predicted molar refractivity (Wildman–Crippen MR) is 101 cm³/mol. The Morgan fingerprint density at radius 2 is 1.72 bits per heavy atom. The summed E-state index contributed by atoms with van der Waals surface area (Å²) in [6, 6.07) is 7.23. The number of aryl methyl sites for hydroxylation is 2. The molecule has 0 unspecified atom stereocenters. The molecular weight excluding hydrogens is 384 g/mol. The van der Waals surface area contributed by atoms with Crippen molar-refractivity contribution in [3.8, 4) is 0 Å². The van der Waals surface area contributed by atoms with E-state index in [4.69, 9.17) is 4.42 Å². The zero-order valence-corrected chi connectivity index (χ0v) is 16.3. The molecule has 5 nitrogen and oxygen atoms in total. The Bertz CT molecular complexity index is 751. The number of halogens is 1. The number of furan rings is 1. The highest BCUT2D eigenvalue weighted by molar-refractivity contribution is 9.10. The van der Waals surface area contributed by atoms with Crippen molar-refractivity contribution in [2.45, 2.75) is 40.2 Å². The Kier molecular flexibility index (Phi) is 6.82. The fourth-order valence-corrected chi connectivity index (χ4v) is 2.98. The lowest BCUT2D eigenvalue weighted by atomic mass is 10.1. The number of nitrogens with one attached hydrogen (secondary N) is 2. The first-order valence-electron chi connectivity index (χ1n) is 8.34. The van der Waals surface area contributed by atoms with E-state index in [1.54, 1.807) is 26.0 Å². The summed E-state index contributed by atoms with van der Waals surface area (Å²) < 4.78 is 6.13. The van der Waals surface area contributed by atoms with E-state index in [-0.39, 0.29) is 11.8 Å². The topological polar surface area (TPSA) is 71.3 Å². The minimum absolute atomic E-state index is 0.0718. The third-order valence-corrected chi connectivity index (χ3v) is 4.85. The van der Waals surface area contributed by atoms with Gasteiger partial charge >= 0.3 is 0 Å². The summed E-state index contributed by atoms with van der Waals surface area (Å²) in [6.45, 7) is 6.72. The van der Waals surface area contributed by atoms with Crippen LogP contribution in [0.2, 0.25) is 0 Å². The minimum Gasteiger partial charge on any atom is -0.465 e. The summed E-state index contributed by atoms with van der Waals surface area (Å²) in [5.41, 5.74) is 2.06. The van der Waals surface area contributed by atoms with Gasteiger partial charge in [0.1, 0.15) is 11.5 Å². The van der Waals surface area contributed by atoms with E-state index in [1.165, 1.54) is 0 Å². The summed E-state index contributed by atoms with van der Waals surface area (Å²) in [5, 5.41) is 5.75. The average molecular weight is 407 g/mol. The smallest absolute Gasteiger partial charge is 0.256 e. The van der Waals surface area contributed by atoms with Crippen molar-refractivity contribution < 1.29 is 14.0 Å². The number of benzene rings is 1. The summed E-state index contributed by atoms with van der Waals surface area (Å²) in [6.07, 6.45) is 2.02. The van der Waals surface area contributed by atoms with Crippen LogP contribution in [0.5, 0.6) is 0 Å². The van der Waals surface area contributed by atoms with Gasteiger partial charge in [-0.3, -0.25) is 9.59 Å². The Hall–Kier alpha value is -2.08. The molecule has 6 heteroatoms. The fourth-order valence-electron chi connectivity index (χ4n) is 2.44. The molecule has 0 radical (unpaired) electrons. The average Bonchev–Trinajstić information content (AvgIpc) is 2.85. The standard InChI is InChI=1S/C19H23BrN2O3/c1-4-5-10-21-18(23)15-8-6-14(7-9-15)11-22-19(24)16-12(2)25-13(3)17(16)20/h6-9H,4-5,10-11H2,1-3H3,(H,21,23)(H,22,24). The van der Waals surface area contributed by atoms with Crippen LogP contribution in [0.1, 0.15) is 57.6 Å². The lowest BCUT2D eigenvalue weighted by Crippen LogP contribution is -2.25. The lowest BCUT2D eigenvalue weighted by Gasteiger charge is -2.07. The van der Waals surface area contributed by atoms with Crippen molar-refractivity contribution in [3.05, 3.63) is 56.9 Å². The van der Waals surface area contributed by atoms with Gasteiger partial charge in [-0.1, -0.05) is 25.5 Å². The van der Waals surface area contributed by atoms with E-state index in [0.717, 1.165) is 18.4 Å². The summed E-state index contributed by atoms with van der Waals surface area (Å²) in [7, 11) is 0. The molecule has 0 saturated carbocycles. The van der Waals surface area contributed by atoms with E-state index >= 15 is 0 Å². The summed E-state index contributed by atoms with van der Waals surface area (Å²) >= 11 is 3.38. The third-order valence-electron chi connectivity index (χ3n) is 3.90. The van der Waals surface area contributed by atoms with Crippen LogP contribution in [-0.2, 0) is 6.54 Å². The first-order valence-corrected chi connectivity index (χ1v) is 9.14. The van der Waals surface area contributed by atoms with E-state index in [1.807, 2.05) is 12.1 Å². The Labute approximate surface area is 156 Å². The van der Waals surface area contributed by atoms with Crippen LogP contribution in [0.25, 0.3) is 0 Å². The van der Waals surface area contributed by atoms with Crippen molar-refractivity contribution in [1.29, 1.82) is 0 Å². The number of carbonyl (C=O) groups is 2. The maximum absolute atomic E-state index is 12.3. The molecule has 0 atom stereocenters. The molecule has 1 heterocycles. The first-order chi connectivity index (χ1) is 11.9. The van der Waals surface area contributed by atoms with Crippen molar-refractivity contribution >= 4 is 27.7 Å². The highest BCUT2D eigenvalue weighted by Crippen LogP contribution is 2.27. The summed E-state index contributed by atoms with van der Waals surface area (Å²) in [4.78, 5) is 24.3. The molecule has 134 valence electrons. The van der Waals surface area contributed by atoms with Gasteiger partial charge in [0.2, 0.25) is 0 Å². The molecule has 1 aromatic carbocycles. The quantitative estimate of drug-likeness (QED) is 0.679. The molecular formula is C19H23BrN2O3. The Morgan fingerprint density at radius 1 is 1.04 bits per heavy atom. The number of amides is 2. The van der Waals surface area contributed by atoms with Crippen LogP contribution in [-0.4, -0.2) is 18.4 Å². The molecule has 25 heavy (non-hydrogen) atoms. The molecule has 0 aliphatic carbocycles. The van der Waals surface area contributed by atoms with E-state index in [0.29, 0.717) is 40.2 Å². The molecule has 1 aromatic heterocycles. The molecule has 0 aliphatic heterocycles. The number of hydrogen-bond donors (Lipinski definition) is 2. The normalized spacial score (nSPS) is 10.6. The zero-order valence-electron chi connectivity index (χ0n) is 14.7. The number of carbonyl (C=O) groups excluding carboxylic acids is 2. The van der Waals surface area contributed by atoms with E-state index < -0.39 is 0 Å². The largest absolute Gasteiger partial charge is 0.465 e. The second kappa shape index (κ2) is 8.85. The van der Waals surface area contributed by atoms with Gasteiger partial charge in [0, 0.05) is 18.7 Å². The van der Waals surface area contributed by atoms with E-state index in [2.05, 4.69) is 33.5 Å². The third kappa shape index (κ3) is 4.95. The van der Waals surface area contributed by atoms with Crippen LogP contribution in [0.4, 0.5) is 0 Å². The first kappa shape index (κ1) is 19.2. The van der Waals surface area contributed by atoms with Gasteiger partial charge in [0.15, 0.2) is 0 Å². The fraction of sp³-hybridized carbons (Fsp3) is 0.368. The van der Waals surface area contributed by atoms with Crippen LogP contribution < -0.4 is 10.6 Å². The number of rotatable bonds is 7. The van der Waals surface area contributed by atoms with Gasteiger partial charge < -0.3 is 15.1 Å². The van der Waals surface area contributed by atoms with Crippen molar-refractivity contribution in [2.24, 2.45) is 0 Å². The van der Waals surface area contributed by atoms with Gasteiger partial charge in [-0.15, -0.1) is 0 Å². The number of hydrogen-bond acceptors (Lipinski definition) is 3. The zero-order chi connectivity index (χ0) is 18.4. The Balaban J connectivity index is 1.93. The van der Waals surface area contributed by atoms with Gasteiger partial charge in [-0.25, -0.2) is 0 Å². The van der Waals surface area contributed by atoms with Crippen molar-refractivity contribution in [3.63, 3.8) is 0 Å². The number of unbranched alkanes of at least 4 members (excludes halogenated alkanes) is 1. The van der Waals surface area contributed by atoms with Crippen LogP contribution in [0, 0.1) is 13.8 Å². The molecule has 0 spiro atoms. The lowest BCUT2D eigenvalue weighted by molar-refractivity contribution is 0.0941. The minimum atomic E-state index is -0.192. The molecule has 2 N–H and O–H groups in total. The summed E-state index contributed by atoms with van der Waals surface area (Å²) in [5.74, 6) is 1.00. The SMILES string of the molecule is CCCCNC(=O)c1ccc(CNC(=O)c2c(C)oc(C)c2Br)cc1. The molecule has 2 rings (SSSR count). The van der Waals surface area contributed by atoms with Gasteiger partial charge in [-0.05, 0) is 53.9 Å². The highest BCUT2D eigenvalue weighted by Gasteiger charge is 2.19. The molecule has 2 amide bonds. The monoisotopic (exact) mass is 406 g/mol.